The van der Waals surface area contributed by atoms with Crippen molar-refractivity contribution in [1.29, 1.82) is 0 Å². The molecule has 1 N–H and O–H groups in total. The number of halogens is 3. The Labute approximate surface area is 408 Å². The van der Waals surface area contributed by atoms with Crippen LogP contribution in [0, 0.1) is 65.5 Å². The van der Waals surface area contributed by atoms with E-state index in [9.17, 15) is 23.1 Å². The van der Waals surface area contributed by atoms with E-state index < -0.39 is 40.4 Å². The number of aromatic nitrogens is 2. The summed E-state index contributed by atoms with van der Waals surface area (Å²) in [6.45, 7) is 31.5. The molecule has 1 unspecified atom stereocenters. The fourth-order valence-corrected chi connectivity index (χ4v) is 12.0. The van der Waals surface area contributed by atoms with Crippen molar-refractivity contribution in [3.8, 4) is 22.5 Å². The van der Waals surface area contributed by atoms with Crippen molar-refractivity contribution < 1.29 is 48.7 Å². The Morgan fingerprint density at radius 2 is 1.06 bits per heavy atom. The van der Waals surface area contributed by atoms with Crippen LogP contribution in [0.15, 0.2) is 84.8 Å². The molecule has 65 heavy (non-hydrogen) atoms. The minimum atomic E-state index is -4.33. The number of rotatable bonds is 11. The van der Waals surface area contributed by atoms with E-state index in [1.165, 1.54) is 21.5 Å². The van der Waals surface area contributed by atoms with E-state index in [0.717, 1.165) is 72.4 Å². The summed E-state index contributed by atoms with van der Waals surface area (Å²) < 4.78 is 69.8. The standard InChI is InChI=1S/2C21H24NSi.C13H21F3O2.Ir/c2*1-14-9-15(2)11-18(10-14)21-19-12-16(3)20(23(4,5)6)13-17(19)7-8-22-21;1-4-9(5-2)11(17)7-12(18)10(6-3)8-13(14,15)16;/h2*7-10,12-13H,1-6H3;7,9-10,18H,4-6,8H2,1-3H3;/q2*-1;;/b;;12-7-;/i2*7D,8D;;. The van der Waals surface area contributed by atoms with Gasteiger partial charge in [0, 0.05) is 50.4 Å². The van der Waals surface area contributed by atoms with Crippen LogP contribution in [0.1, 0.15) is 85.3 Å². The maximum absolute atomic E-state index is 12.3. The van der Waals surface area contributed by atoms with Gasteiger partial charge in [0.2, 0.25) is 0 Å². The second kappa shape index (κ2) is 23.0. The first-order valence-electron chi connectivity index (χ1n) is 24.3. The van der Waals surface area contributed by atoms with E-state index in [1.54, 1.807) is 6.92 Å². The molecule has 6 rings (SSSR count). The molecule has 0 fully saturated rings. The van der Waals surface area contributed by atoms with Crippen molar-refractivity contribution in [2.45, 2.75) is 133 Å². The van der Waals surface area contributed by atoms with Gasteiger partial charge in [-0.2, -0.15) is 13.2 Å². The Hall–Kier alpha value is -4.22. The average molecular weight is 1100 g/mol. The van der Waals surface area contributed by atoms with Crippen molar-refractivity contribution in [1.82, 2.24) is 9.97 Å². The van der Waals surface area contributed by atoms with Gasteiger partial charge in [-0.05, 0) is 78.1 Å². The maximum Gasteiger partial charge on any atom is 0.389 e. The van der Waals surface area contributed by atoms with Gasteiger partial charge < -0.3 is 15.1 Å². The van der Waals surface area contributed by atoms with Crippen LogP contribution in [0.4, 0.5) is 13.2 Å². The fraction of sp³-hybridized carbons (Fsp3) is 0.400. The zero-order valence-corrected chi connectivity index (χ0v) is 45.3. The van der Waals surface area contributed by atoms with Crippen molar-refractivity contribution >= 4 is 53.8 Å². The smallest absolute Gasteiger partial charge is 0.389 e. The molecule has 0 bridgehead atoms. The summed E-state index contributed by atoms with van der Waals surface area (Å²) >= 11 is 0. The number of benzene rings is 4. The van der Waals surface area contributed by atoms with E-state index in [0.29, 0.717) is 12.8 Å². The number of carbonyl (C=O) groups is 1. The van der Waals surface area contributed by atoms with E-state index in [4.69, 9.17) is 5.48 Å². The second-order valence-electron chi connectivity index (χ2n) is 19.2. The molecular formula is C55H69F3IrN2O2Si2-2. The van der Waals surface area contributed by atoms with Gasteiger partial charge in [0.05, 0.1) is 33.8 Å². The van der Waals surface area contributed by atoms with Crippen LogP contribution >= 0.6 is 0 Å². The van der Waals surface area contributed by atoms with E-state index in [2.05, 4.69) is 138 Å². The van der Waals surface area contributed by atoms with Gasteiger partial charge in [-0.3, -0.25) is 4.79 Å². The zero-order valence-electron chi connectivity index (χ0n) is 44.9. The number of nitrogens with zero attached hydrogens (tertiary/aromatic N) is 2. The molecule has 0 saturated carbocycles. The first kappa shape index (κ1) is 48.7. The molecule has 0 amide bonds. The molecule has 1 radical (unpaired) electrons. The van der Waals surface area contributed by atoms with Crippen LogP contribution in [0.2, 0.25) is 39.3 Å². The van der Waals surface area contributed by atoms with Crippen LogP contribution in [-0.4, -0.2) is 43.2 Å². The minimum absolute atomic E-state index is 0. The SMILES string of the molecule is CCC(CC)C(=O)/C=C(\O)C(CC)CC(F)(F)F.[2H]c1nc(-c2[c-]c(C)cc(C)c2)c2cc(C)c([Si](C)(C)C)cc2c1[2H].[2H]c1nc(-c2[c-]c(C)cc(C)c2)c2cc(C)c([Si](C)(C)C)cc2c1[2H].[Ir]. The Balaban J connectivity index is 0.000000277. The van der Waals surface area contributed by atoms with Gasteiger partial charge in [0.1, 0.15) is 0 Å². The Kier molecular flexibility index (Phi) is 17.2. The van der Waals surface area contributed by atoms with Gasteiger partial charge in [-0.1, -0.05) is 134 Å². The number of hydrogen-bond acceptors (Lipinski definition) is 4. The average Bonchev–Trinajstić information content (AvgIpc) is 3.21. The second-order valence-corrected chi connectivity index (χ2v) is 29.3. The van der Waals surface area contributed by atoms with E-state index >= 15 is 0 Å². The molecule has 0 aliphatic heterocycles. The number of carbonyl (C=O) groups excluding carboxylic acids is 1. The third kappa shape index (κ3) is 15.2. The van der Waals surface area contributed by atoms with E-state index in [-0.39, 0.29) is 62.7 Å². The number of aliphatic hydroxyl groups is 1. The molecule has 0 saturated heterocycles. The fourth-order valence-electron chi connectivity index (χ4n) is 8.31. The number of alkyl halides is 3. The first-order valence-corrected chi connectivity index (χ1v) is 29.3. The normalized spacial score (nSPS) is 13.4. The molecule has 10 heteroatoms. The van der Waals surface area contributed by atoms with Crippen LogP contribution in [0.3, 0.4) is 0 Å². The molecular weight excluding hydrogens is 1030 g/mol. The van der Waals surface area contributed by atoms with Crippen LogP contribution in [0.5, 0.6) is 0 Å². The maximum atomic E-state index is 12.3. The summed E-state index contributed by atoms with van der Waals surface area (Å²) in [5.41, 5.74) is 10.2. The number of ketones is 1. The van der Waals surface area contributed by atoms with Gasteiger partial charge in [0.15, 0.2) is 5.78 Å². The summed E-state index contributed by atoms with van der Waals surface area (Å²) in [6.07, 6.45) is -3.01. The molecule has 351 valence electrons. The predicted octanol–water partition coefficient (Wildman–Crippen LogP) is 14.8. The number of pyridine rings is 2. The molecule has 1 atom stereocenters. The number of hydrogen-bond donors (Lipinski definition) is 1. The summed E-state index contributed by atoms with van der Waals surface area (Å²) in [5, 5.41) is 15.8. The molecule has 4 aromatic carbocycles. The minimum Gasteiger partial charge on any atom is -0.512 e. The monoisotopic (exact) mass is 1100 g/mol. The summed E-state index contributed by atoms with van der Waals surface area (Å²) in [7, 11) is -3.05. The molecule has 2 heterocycles. The number of aliphatic hydroxyl groups excluding tert-OH is 1. The van der Waals surface area contributed by atoms with Gasteiger partial charge >= 0.3 is 6.18 Å². The Morgan fingerprint density at radius 3 is 1.38 bits per heavy atom. The number of allylic oxidation sites excluding steroid dienone is 2. The third-order valence-corrected chi connectivity index (χ3v) is 15.8. The van der Waals surface area contributed by atoms with Crippen molar-refractivity contribution in [3.05, 3.63) is 130 Å². The molecule has 6 aromatic rings. The van der Waals surface area contributed by atoms with Crippen LogP contribution in [0.25, 0.3) is 44.1 Å². The largest absolute Gasteiger partial charge is 0.512 e. The molecule has 0 aliphatic carbocycles. The topological polar surface area (TPSA) is 63.1 Å². The number of fused-ring (bicyclic) bond motifs is 2. The van der Waals surface area contributed by atoms with Crippen LogP contribution in [-0.2, 0) is 24.9 Å². The Morgan fingerprint density at radius 1 is 0.677 bits per heavy atom. The predicted molar refractivity (Wildman–Crippen MR) is 271 cm³/mol. The molecule has 0 aliphatic rings. The molecule has 2 aromatic heterocycles. The molecule has 4 nitrogen and oxygen atoms in total. The van der Waals surface area contributed by atoms with Crippen molar-refractivity contribution in [3.63, 3.8) is 0 Å². The summed E-state index contributed by atoms with van der Waals surface area (Å²) in [5.74, 6) is -2.00. The van der Waals surface area contributed by atoms with Gasteiger partial charge in [-0.15, -0.1) is 69.8 Å². The summed E-state index contributed by atoms with van der Waals surface area (Å²) in [6, 6.07) is 24.0. The third-order valence-electron chi connectivity index (χ3n) is 11.4. The molecule has 0 spiro atoms. The van der Waals surface area contributed by atoms with Crippen LogP contribution < -0.4 is 10.4 Å². The van der Waals surface area contributed by atoms with Crippen molar-refractivity contribution in [2.75, 3.05) is 0 Å². The first-order chi connectivity index (χ1) is 31.4. The zero-order chi connectivity index (χ0) is 51.4. The van der Waals surface area contributed by atoms with Crippen molar-refractivity contribution in [2.24, 2.45) is 11.8 Å². The Bertz CT molecular complexity index is 2650. The quantitative estimate of drug-likeness (QED) is 0.0608. The van der Waals surface area contributed by atoms with E-state index in [1.807, 2.05) is 27.7 Å². The van der Waals surface area contributed by atoms with Gasteiger partial charge in [-0.25, -0.2) is 0 Å². The van der Waals surface area contributed by atoms with Gasteiger partial charge in [0.25, 0.3) is 0 Å². The number of aryl methyl sites for hydroxylation is 6. The summed E-state index contributed by atoms with van der Waals surface area (Å²) in [4.78, 5) is 20.6.